The average Bonchev–Trinajstić information content (AvgIpc) is 3.87. The second-order valence-corrected chi connectivity index (χ2v) is 11.7. The average molecular weight is 620 g/mol. The van der Waals surface area contributed by atoms with Crippen LogP contribution in [0.15, 0.2) is 42.7 Å². The van der Waals surface area contributed by atoms with Gasteiger partial charge in [-0.25, -0.2) is 4.39 Å². The lowest BCUT2D eigenvalue weighted by Gasteiger charge is -2.42. The predicted octanol–water partition coefficient (Wildman–Crippen LogP) is 4.65. The summed E-state index contributed by atoms with van der Waals surface area (Å²) < 4.78 is 24.5. The van der Waals surface area contributed by atoms with Crippen LogP contribution in [0.5, 0.6) is 6.01 Å². The summed E-state index contributed by atoms with van der Waals surface area (Å²) in [5, 5.41) is 12.1. The molecule has 12 heteroatoms. The van der Waals surface area contributed by atoms with Crippen LogP contribution in [-0.4, -0.2) is 84.0 Å². The number of halogens is 2. The number of nitrogens with zero attached hydrogens (tertiary/aromatic N) is 7. The molecule has 0 unspecified atom stereocenters. The van der Waals surface area contributed by atoms with E-state index in [1.807, 2.05) is 30.6 Å². The standard InChI is InChI=1S/C32H35ClFN7O3/c33-26-5-1-4-22-18-36-19-28(30(22)26)39-13-10-25-27(21-39)37-32(44-17-3-16-43-24-7-8-24)38-31(25)40-14-15-41(23(20-40)9-12-35)29(42)6-2-11-34/h1-2,4-6,18-19,23-24H,3,7-11,13-17,20-21H2/b6-2+/t23-/m0/s1. The molecule has 10 nitrogen and oxygen atoms in total. The first kappa shape index (κ1) is 30.0. The number of alkyl halides is 1. The summed E-state index contributed by atoms with van der Waals surface area (Å²) in [5.41, 5.74) is 2.83. The summed E-state index contributed by atoms with van der Waals surface area (Å²) in [6, 6.07) is 7.96. The van der Waals surface area contributed by atoms with Crippen molar-refractivity contribution in [1.29, 1.82) is 5.26 Å². The number of pyridine rings is 1. The summed E-state index contributed by atoms with van der Waals surface area (Å²) in [5.74, 6) is 0.477. The fraction of sp³-hybridized carbons (Fsp3) is 0.469. The second-order valence-electron chi connectivity index (χ2n) is 11.2. The van der Waals surface area contributed by atoms with Crippen molar-refractivity contribution in [3.05, 3.63) is 59.0 Å². The number of hydrogen-bond donors (Lipinski definition) is 0. The van der Waals surface area contributed by atoms with E-state index in [0.717, 1.165) is 52.8 Å². The topological polar surface area (TPSA) is 108 Å². The van der Waals surface area contributed by atoms with Crippen LogP contribution in [0.1, 0.15) is 36.9 Å². The lowest BCUT2D eigenvalue weighted by Crippen LogP contribution is -2.55. The van der Waals surface area contributed by atoms with E-state index >= 15 is 0 Å². The number of ether oxygens (including phenoxy) is 2. The second kappa shape index (κ2) is 13.7. The van der Waals surface area contributed by atoms with E-state index in [1.165, 1.54) is 12.2 Å². The van der Waals surface area contributed by atoms with E-state index in [2.05, 4.69) is 20.9 Å². The molecule has 1 aliphatic carbocycles. The van der Waals surface area contributed by atoms with Crippen LogP contribution in [0.4, 0.5) is 15.9 Å². The number of hydrogen-bond acceptors (Lipinski definition) is 9. The number of allylic oxidation sites excluding steroid dienone is 1. The number of aromatic nitrogens is 3. The van der Waals surface area contributed by atoms with E-state index in [0.29, 0.717) is 69.5 Å². The zero-order chi connectivity index (χ0) is 30.5. The van der Waals surface area contributed by atoms with Crippen LogP contribution in [0.3, 0.4) is 0 Å². The van der Waals surface area contributed by atoms with Gasteiger partial charge in [0.1, 0.15) is 12.5 Å². The highest BCUT2D eigenvalue weighted by Crippen LogP contribution is 2.37. The monoisotopic (exact) mass is 619 g/mol. The minimum Gasteiger partial charge on any atom is -0.463 e. The Balaban J connectivity index is 1.28. The van der Waals surface area contributed by atoms with Crippen LogP contribution >= 0.6 is 11.6 Å². The van der Waals surface area contributed by atoms with Crippen LogP contribution in [-0.2, 0) is 22.5 Å². The first-order valence-corrected chi connectivity index (χ1v) is 15.5. The molecule has 1 saturated heterocycles. The Morgan fingerprint density at radius 1 is 1.16 bits per heavy atom. The van der Waals surface area contributed by atoms with Crippen LogP contribution < -0.4 is 14.5 Å². The molecule has 2 aromatic heterocycles. The van der Waals surface area contributed by atoms with Crippen molar-refractivity contribution in [2.45, 2.75) is 50.8 Å². The molecular formula is C32H35ClFN7O3. The third kappa shape index (κ3) is 6.71. The van der Waals surface area contributed by atoms with Gasteiger partial charge < -0.3 is 24.2 Å². The van der Waals surface area contributed by atoms with Crippen molar-refractivity contribution < 1.29 is 18.7 Å². The maximum atomic E-state index is 12.7. The minimum absolute atomic E-state index is 0.159. The number of rotatable bonds is 11. The maximum absolute atomic E-state index is 12.7. The van der Waals surface area contributed by atoms with Crippen molar-refractivity contribution in [2.75, 3.05) is 55.9 Å². The van der Waals surface area contributed by atoms with Crippen LogP contribution in [0.2, 0.25) is 5.02 Å². The molecule has 2 fully saturated rings. The Bertz CT molecular complexity index is 1570. The third-order valence-corrected chi connectivity index (χ3v) is 8.53. The normalized spacial score (nSPS) is 18.5. The van der Waals surface area contributed by atoms with Crippen molar-refractivity contribution in [3.8, 4) is 12.1 Å². The smallest absolute Gasteiger partial charge is 0.318 e. The Kier molecular flexibility index (Phi) is 9.38. The van der Waals surface area contributed by atoms with Crippen LogP contribution in [0, 0.1) is 11.3 Å². The lowest BCUT2D eigenvalue weighted by molar-refractivity contribution is -0.128. The first-order valence-electron chi connectivity index (χ1n) is 15.1. The third-order valence-electron chi connectivity index (χ3n) is 8.22. The van der Waals surface area contributed by atoms with Gasteiger partial charge in [-0.15, -0.1) is 0 Å². The van der Waals surface area contributed by atoms with Crippen molar-refractivity contribution >= 4 is 39.8 Å². The lowest BCUT2D eigenvalue weighted by atomic mass is 10.0. The molecule has 0 spiro atoms. The SMILES string of the molecule is N#CC[C@H]1CN(c2nc(OCCCOC3CC3)nc3c2CCN(c2cncc4cccc(Cl)c24)C3)CCN1C(=O)/C=C/CF. The van der Waals surface area contributed by atoms with Gasteiger partial charge in [0, 0.05) is 61.2 Å². The van der Waals surface area contributed by atoms with Gasteiger partial charge in [-0.05, 0) is 31.4 Å². The number of carbonyl (C=O) groups excluding carboxylic acids is 1. The molecule has 44 heavy (non-hydrogen) atoms. The highest BCUT2D eigenvalue weighted by atomic mass is 35.5. The number of carbonyl (C=O) groups is 1. The molecular weight excluding hydrogens is 585 g/mol. The Morgan fingerprint density at radius 2 is 2.05 bits per heavy atom. The highest BCUT2D eigenvalue weighted by Gasteiger charge is 2.33. The number of nitriles is 1. The van der Waals surface area contributed by atoms with Gasteiger partial charge >= 0.3 is 6.01 Å². The molecule has 1 amide bonds. The molecule has 2 aliphatic heterocycles. The molecule has 1 atom stereocenters. The summed E-state index contributed by atoms with van der Waals surface area (Å²) >= 11 is 6.65. The Morgan fingerprint density at radius 3 is 2.86 bits per heavy atom. The Labute approximate surface area is 261 Å². The summed E-state index contributed by atoms with van der Waals surface area (Å²) in [6.45, 7) is 2.91. The number of piperazine rings is 1. The van der Waals surface area contributed by atoms with E-state index in [4.69, 9.17) is 31.0 Å². The van der Waals surface area contributed by atoms with Gasteiger partial charge in [-0.1, -0.05) is 23.7 Å². The molecule has 0 N–H and O–H groups in total. The first-order chi connectivity index (χ1) is 21.6. The molecule has 3 aliphatic rings. The van der Waals surface area contributed by atoms with E-state index in [1.54, 1.807) is 4.90 Å². The summed E-state index contributed by atoms with van der Waals surface area (Å²) in [7, 11) is 0. The fourth-order valence-corrected chi connectivity index (χ4v) is 6.18. The van der Waals surface area contributed by atoms with E-state index in [-0.39, 0.29) is 18.4 Å². The van der Waals surface area contributed by atoms with Crippen molar-refractivity contribution in [2.24, 2.45) is 0 Å². The van der Waals surface area contributed by atoms with Gasteiger partial charge in [0.15, 0.2) is 0 Å². The zero-order valence-corrected chi connectivity index (χ0v) is 25.3. The molecule has 230 valence electrons. The minimum atomic E-state index is -0.713. The summed E-state index contributed by atoms with van der Waals surface area (Å²) in [4.78, 5) is 33.0. The molecule has 6 rings (SSSR count). The fourth-order valence-electron chi connectivity index (χ4n) is 5.90. The predicted molar refractivity (Wildman–Crippen MR) is 166 cm³/mol. The molecule has 4 heterocycles. The van der Waals surface area contributed by atoms with Crippen molar-refractivity contribution in [1.82, 2.24) is 19.9 Å². The van der Waals surface area contributed by atoms with Gasteiger partial charge in [0.05, 0.1) is 67.0 Å². The van der Waals surface area contributed by atoms with Gasteiger partial charge in [-0.3, -0.25) is 9.78 Å². The van der Waals surface area contributed by atoms with Gasteiger partial charge in [-0.2, -0.15) is 15.2 Å². The molecule has 1 aromatic carbocycles. The molecule has 0 radical (unpaired) electrons. The zero-order valence-electron chi connectivity index (χ0n) is 24.5. The van der Waals surface area contributed by atoms with E-state index in [9.17, 15) is 14.4 Å². The molecule has 0 bridgehead atoms. The van der Waals surface area contributed by atoms with Gasteiger partial charge in [0.2, 0.25) is 5.91 Å². The van der Waals surface area contributed by atoms with Crippen LogP contribution in [0.25, 0.3) is 10.8 Å². The molecule has 1 saturated carbocycles. The maximum Gasteiger partial charge on any atom is 0.318 e. The Hall–Kier alpha value is -4.01. The highest BCUT2D eigenvalue weighted by molar-refractivity contribution is 6.36. The number of benzene rings is 1. The quantitative estimate of drug-likeness (QED) is 0.224. The number of amides is 1. The largest absolute Gasteiger partial charge is 0.463 e. The van der Waals surface area contributed by atoms with Gasteiger partial charge in [0.25, 0.3) is 0 Å². The van der Waals surface area contributed by atoms with E-state index < -0.39 is 6.67 Å². The summed E-state index contributed by atoms with van der Waals surface area (Å²) in [6.07, 6.45) is 10.3. The molecule has 3 aromatic rings. The number of fused-ring (bicyclic) bond motifs is 2. The van der Waals surface area contributed by atoms with Crippen molar-refractivity contribution in [3.63, 3.8) is 0 Å². The number of anilines is 2.